The van der Waals surface area contributed by atoms with Gasteiger partial charge in [0.2, 0.25) is 0 Å². The molecule has 5 rings (SSSR count). The normalized spacial score (nSPS) is 13.2. The lowest BCUT2D eigenvalue weighted by atomic mass is 10.2. The number of nitrogens with zero attached hydrogens (tertiary/aromatic N) is 1. The number of amides is 1. The Morgan fingerprint density at radius 1 is 0.532 bits per heavy atom. The average molecular weight is 680 g/mol. The number of ether oxygens (including phenoxy) is 2. The molecule has 12 nitrogen and oxygen atoms in total. The first-order valence-electron chi connectivity index (χ1n) is 14.2. The molecule has 4 aromatic carbocycles. The molecule has 1 aliphatic rings. The van der Waals surface area contributed by atoms with Crippen LogP contribution in [0.3, 0.4) is 0 Å². The molecule has 0 unspecified atom stereocenters. The monoisotopic (exact) mass is 679 g/mol. The highest BCUT2D eigenvalue weighted by Crippen LogP contribution is 2.55. The summed E-state index contributed by atoms with van der Waals surface area (Å²) in [6, 6.07) is 32.5. The van der Waals surface area contributed by atoms with Crippen LogP contribution in [0, 0.1) is 0 Å². The standard InChI is InChI=1S/C33H31NO11P2/c1-33(2,3)39-32(35)34-30(44-46(36,40-26-16-8-4-9-17-26)41-27-18-10-5-11-19-27)24-38-25-31(34)45-47(37,42-28-20-12-6-13-21-28)43-29-22-14-7-15-23-29/h4-25H,1-3H3. The first-order chi connectivity index (χ1) is 22.5. The molecule has 0 radical (unpaired) electrons. The molecule has 0 saturated carbocycles. The van der Waals surface area contributed by atoms with Crippen LogP contribution in [-0.2, 0) is 27.7 Å². The van der Waals surface area contributed by atoms with Gasteiger partial charge in [-0.05, 0) is 69.3 Å². The van der Waals surface area contributed by atoms with Gasteiger partial charge in [0.1, 0.15) is 28.6 Å². The summed E-state index contributed by atoms with van der Waals surface area (Å²) in [6.45, 7) is 4.89. The Balaban J connectivity index is 1.50. The van der Waals surface area contributed by atoms with E-state index in [1.165, 1.54) is 48.5 Å². The number of phosphoric acid groups is 2. The predicted octanol–water partition coefficient (Wildman–Crippen LogP) is 9.42. The van der Waals surface area contributed by atoms with E-state index in [1.54, 1.807) is 93.6 Å². The molecule has 1 amide bonds. The smallest absolute Gasteiger partial charge is 0.461 e. The topological polar surface area (TPSA) is 128 Å². The van der Waals surface area contributed by atoms with E-state index in [9.17, 15) is 13.9 Å². The number of rotatable bonds is 12. The molecule has 47 heavy (non-hydrogen) atoms. The molecule has 0 N–H and O–H groups in total. The number of hydrogen-bond acceptors (Lipinski definition) is 11. The van der Waals surface area contributed by atoms with Gasteiger partial charge in [-0.3, -0.25) is 0 Å². The van der Waals surface area contributed by atoms with Gasteiger partial charge in [0.25, 0.3) is 11.8 Å². The number of benzene rings is 4. The van der Waals surface area contributed by atoms with Gasteiger partial charge in [-0.2, -0.15) is 14.0 Å². The molecule has 1 heterocycles. The Kier molecular flexibility index (Phi) is 10.1. The van der Waals surface area contributed by atoms with Crippen LogP contribution in [0.15, 0.2) is 146 Å². The third-order valence-corrected chi connectivity index (χ3v) is 8.17. The van der Waals surface area contributed by atoms with Crippen LogP contribution < -0.4 is 18.1 Å². The molecule has 4 aromatic rings. The molecular formula is C33H31NO11P2. The summed E-state index contributed by atoms with van der Waals surface area (Å²) >= 11 is 0. The van der Waals surface area contributed by atoms with Gasteiger partial charge >= 0.3 is 21.7 Å². The molecule has 1 aliphatic heterocycles. The van der Waals surface area contributed by atoms with Crippen LogP contribution in [0.4, 0.5) is 4.79 Å². The Morgan fingerprint density at radius 3 is 1.11 bits per heavy atom. The first-order valence-corrected chi connectivity index (χ1v) is 17.1. The molecule has 14 heteroatoms. The van der Waals surface area contributed by atoms with E-state index < -0.39 is 39.1 Å². The van der Waals surface area contributed by atoms with Crippen LogP contribution in [0.5, 0.6) is 23.0 Å². The van der Waals surface area contributed by atoms with Crippen molar-refractivity contribution in [2.24, 2.45) is 0 Å². The van der Waals surface area contributed by atoms with Crippen molar-refractivity contribution in [3.8, 4) is 23.0 Å². The van der Waals surface area contributed by atoms with Crippen molar-refractivity contribution in [1.29, 1.82) is 0 Å². The summed E-state index contributed by atoms with van der Waals surface area (Å²) in [4.78, 5) is 14.4. The Morgan fingerprint density at radius 2 is 0.830 bits per heavy atom. The molecule has 0 aliphatic carbocycles. The van der Waals surface area contributed by atoms with Crippen molar-refractivity contribution in [1.82, 2.24) is 4.90 Å². The molecule has 0 atom stereocenters. The second-order valence-corrected chi connectivity index (χ2v) is 13.4. The van der Waals surface area contributed by atoms with Crippen LogP contribution in [0.2, 0.25) is 0 Å². The van der Waals surface area contributed by atoms with Gasteiger partial charge in [-0.1, -0.05) is 72.8 Å². The lowest BCUT2D eigenvalue weighted by molar-refractivity contribution is 0.0154. The zero-order valence-electron chi connectivity index (χ0n) is 25.5. The highest BCUT2D eigenvalue weighted by atomic mass is 31.2. The van der Waals surface area contributed by atoms with E-state index in [4.69, 9.17) is 36.6 Å². The Hall–Kier alpha value is -5.31. The SMILES string of the molecule is CC(C)(C)OC(=O)N1C(OP(=O)(Oc2ccccc2)Oc2ccccc2)=COC=C1OP(=O)(Oc1ccccc1)Oc1ccccc1. The van der Waals surface area contributed by atoms with Crippen molar-refractivity contribution in [2.45, 2.75) is 26.4 Å². The average Bonchev–Trinajstić information content (AvgIpc) is 3.02. The zero-order chi connectivity index (χ0) is 33.3. The van der Waals surface area contributed by atoms with Crippen LogP contribution in [0.1, 0.15) is 20.8 Å². The summed E-state index contributed by atoms with van der Waals surface area (Å²) in [5.41, 5.74) is -1.03. The van der Waals surface area contributed by atoms with Crippen molar-refractivity contribution < 1.29 is 50.5 Å². The van der Waals surface area contributed by atoms with Crippen molar-refractivity contribution in [3.05, 3.63) is 146 Å². The maximum Gasteiger partial charge on any atom is 0.648 e. The molecular weight excluding hydrogens is 648 g/mol. The van der Waals surface area contributed by atoms with E-state index in [0.29, 0.717) is 4.90 Å². The number of carbonyl (C=O) groups is 1. The fourth-order valence-electron chi connectivity index (χ4n) is 3.76. The minimum atomic E-state index is -4.66. The van der Waals surface area contributed by atoms with Gasteiger partial charge in [-0.15, -0.1) is 0 Å². The molecule has 0 saturated heterocycles. The molecule has 0 spiro atoms. The Labute approximate surface area is 271 Å². The molecule has 0 aromatic heterocycles. The molecule has 0 bridgehead atoms. The molecule has 0 fully saturated rings. The van der Waals surface area contributed by atoms with E-state index in [0.717, 1.165) is 12.5 Å². The van der Waals surface area contributed by atoms with E-state index in [-0.39, 0.29) is 23.0 Å². The van der Waals surface area contributed by atoms with Crippen molar-refractivity contribution in [2.75, 3.05) is 0 Å². The van der Waals surface area contributed by atoms with Gasteiger partial charge in [-0.25, -0.2) is 4.79 Å². The number of para-hydroxylation sites is 4. The van der Waals surface area contributed by atoms with Crippen LogP contribution >= 0.6 is 15.6 Å². The van der Waals surface area contributed by atoms with Gasteiger partial charge in [0.15, 0.2) is 12.5 Å². The van der Waals surface area contributed by atoms with E-state index >= 15 is 0 Å². The third-order valence-electron chi connectivity index (χ3n) is 5.61. The summed E-state index contributed by atoms with van der Waals surface area (Å²) in [5.74, 6) is -0.571. The fraction of sp³-hybridized carbons (Fsp3) is 0.121. The second-order valence-electron chi connectivity index (χ2n) is 10.6. The summed E-state index contributed by atoms with van der Waals surface area (Å²) < 4.78 is 73.9. The number of hydrogen-bond donors (Lipinski definition) is 0. The number of carbonyl (C=O) groups excluding carboxylic acids is 1. The van der Waals surface area contributed by atoms with Crippen molar-refractivity contribution >= 4 is 21.7 Å². The van der Waals surface area contributed by atoms with Gasteiger partial charge < -0.3 is 36.6 Å². The lowest BCUT2D eigenvalue weighted by Gasteiger charge is -2.32. The second kappa shape index (κ2) is 14.4. The van der Waals surface area contributed by atoms with Gasteiger partial charge in [0.05, 0.1) is 0 Å². The minimum absolute atomic E-state index is 0.136. The summed E-state index contributed by atoms with van der Waals surface area (Å²) in [7, 11) is -9.32. The van der Waals surface area contributed by atoms with Crippen LogP contribution in [0.25, 0.3) is 0 Å². The zero-order valence-corrected chi connectivity index (χ0v) is 27.3. The fourth-order valence-corrected chi connectivity index (χ4v) is 6.21. The van der Waals surface area contributed by atoms with E-state index in [2.05, 4.69) is 0 Å². The maximum atomic E-state index is 14.2. The summed E-state index contributed by atoms with van der Waals surface area (Å²) in [5, 5.41) is 0. The largest absolute Gasteiger partial charge is 0.648 e. The van der Waals surface area contributed by atoms with Crippen LogP contribution in [-0.4, -0.2) is 16.6 Å². The Bertz CT molecular complexity index is 1590. The van der Waals surface area contributed by atoms with Crippen molar-refractivity contribution in [3.63, 3.8) is 0 Å². The number of phosphoric ester groups is 2. The quantitative estimate of drug-likeness (QED) is 0.133. The predicted molar refractivity (Wildman–Crippen MR) is 171 cm³/mol. The summed E-state index contributed by atoms with van der Waals surface area (Å²) in [6.07, 6.45) is 0.788. The minimum Gasteiger partial charge on any atom is -0.461 e. The van der Waals surface area contributed by atoms with E-state index in [1.807, 2.05) is 0 Å². The maximum absolute atomic E-state index is 14.2. The highest BCUT2D eigenvalue weighted by Gasteiger charge is 2.45. The van der Waals surface area contributed by atoms with Gasteiger partial charge in [0, 0.05) is 0 Å². The first kappa shape index (κ1) is 33.1. The lowest BCUT2D eigenvalue weighted by Crippen LogP contribution is -2.38. The third kappa shape index (κ3) is 9.59. The highest BCUT2D eigenvalue weighted by molar-refractivity contribution is 7.49. The molecule has 244 valence electrons.